The largest absolute Gasteiger partial charge is 0.481 e. The number of aromatic nitrogens is 6. The minimum absolute atomic E-state index is 0.128. The number of rotatable bonds is 5. The normalized spacial score (nSPS) is 12.2. The maximum atomic E-state index is 5.06. The van der Waals surface area contributed by atoms with Crippen molar-refractivity contribution in [3.05, 3.63) is 18.1 Å². The minimum atomic E-state index is 0.128. The zero-order valence-electron chi connectivity index (χ0n) is 10.5. The minimum Gasteiger partial charge on any atom is -0.481 e. The van der Waals surface area contributed by atoms with Crippen LogP contribution in [0.4, 0.5) is 5.95 Å². The van der Waals surface area contributed by atoms with Gasteiger partial charge in [0.1, 0.15) is 0 Å². The van der Waals surface area contributed by atoms with Crippen molar-refractivity contribution >= 4 is 5.95 Å². The number of nitrogens with zero attached hydrogens (tertiary/aromatic N) is 6. The Balaban J connectivity index is 2.04. The van der Waals surface area contributed by atoms with Gasteiger partial charge in [-0.25, -0.2) is 4.98 Å². The summed E-state index contributed by atoms with van der Waals surface area (Å²) in [5.41, 5.74) is 0. The van der Waals surface area contributed by atoms with Gasteiger partial charge in [-0.2, -0.15) is 10.2 Å². The van der Waals surface area contributed by atoms with E-state index in [1.165, 1.54) is 0 Å². The first-order chi connectivity index (χ1) is 8.70. The molecular formula is C10H15N7O. The summed E-state index contributed by atoms with van der Waals surface area (Å²) in [6.07, 6.45) is 1.66. The number of hydrogen-bond donors (Lipinski definition) is 1. The molecule has 1 N–H and O–H groups in total. The molecular weight excluding hydrogens is 234 g/mol. The molecule has 0 aliphatic heterocycles. The SMILES string of the molecule is COc1ccnc(N(C)C[C@H](C)c2nn[nH]n2)n1. The Bertz CT molecular complexity index is 487. The van der Waals surface area contributed by atoms with E-state index in [0.717, 1.165) is 0 Å². The molecule has 0 saturated heterocycles. The Morgan fingerprint density at radius 1 is 1.50 bits per heavy atom. The number of H-pyrrole nitrogens is 1. The van der Waals surface area contributed by atoms with Gasteiger partial charge in [-0.05, 0) is 0 Å². The van der Waals surface area contributed by atoms with E-state index >= 15 is 0 Å². The van der Waals surface area contributed by atoms with Crippen molar-refractivity contribution in [1.29, 1.82) is 0 Å². The maximum absolute atomic E-state index is 5.06. The van der Waals surface area contributed by atoms with Crippen LogP contribution in [0.2, 0.25) is 0 Å². The van der Waals surface area contributed by atoms with Crippen LogP contribution in [-0.4, -0.2) is 51.3 Å². The first-order valence-corrected chi connectivity index (χ1v) is 5.52. The predicted molar refractivity (Wildman–Crippen MR) is 64.4 cm³/mol. The molecule has 0 spiro atoms. The molecule has 2 aromatic rings. The second-order valence-corrected chi connectivity index (χ2v) is 3.95. The first-order valence-electron chi connectivity index (χ1n) is 5.52. The molecule has 0 radical (unpaired) electrons. The van der Waals surface area contributed by atoms with Gasteiger partial charge in [0, 0.05) is 31.8 Å². The summed E-state index contributed by atoms with van der Waals surface area (Å²) in [6.45, 7) is 2.70. The van der Waals surface area contributed by atoms with Crippen LogP contribution in [0.5, 0.6) is 5.88 Å². The molecule has 0 aliphatic carbocycles. The molecule has 8 heteroatoms. The van der Waals surface area contributed by atoms with Gasteiger partial charge < -0.3 is 9.64 Å². The molecule has 2 rings (SSSR count). The molecule has 0 saturated carbocycles. The smallest absolute Gasteiger partial charge is 0.228 e. The van der Waals surface area contributed by atoms with Gasteiger partial charge in [-0.3, -0.25) is 0 Å². The molecule has 0 aromatic carbocycles. The summed E-state index contributed by atoms with van der Waals surface area (Å²) in [7, 11) is 3.49. The van der Waals surface area contributed by atoms with Gasteiger partial charge in [0.15, 0.2) is 5.82 Å². The molecule has 18 heavy (non-hydrogen) atoms. The highest BCUT2D eigenvalue weighted by Gasteiger charge is 2.15. The van der Waals surface area contributed by atoms with E-state index in [1.807, 2.05) is 18.9 Å². The molecule has 96 valence electrons. The topological polar surface area (TPSA) is 92.7 Å². The molecule has 0 bridgehead atoms. The average molecular weight is 249 g/mol. The molecule has 0 fully saturated rings. The number of tetrazole rings is 1. The van der Waals surface area contributed by atoms with E-state index in [2.05, 4.69) is 30.6 Å². The standard InChI is InChI=1S/C10H15N7O/c1-7(9-13-15-16-14-9)6-17(2)10-11-5-4-8(12-10)18-3/h4-5,7H,6H2,1-3H3,(H,13,14,15,16)/t7-/m0/s1. The Hall–Kier alpha value is -2.25. The third-order valence-electron chi connectivity index (χ3n) is 2.52. The fraction of sp³-hybridized carbons (Fsp3) is 0.500. The van der Waals surface area contributed by atoms with Gasteiger partial charge in [0.25, 0.3) is 0 Å². The monoisotopic (exact) mass is 249 g/mol. The summed E-state index contributed by atoms with van der Waals surface area (Å²) in [5.74, 6) is 1.94. The van der Waals surface area contributed by atoms with E-state index < -0.39 is 0 Å². The van der Waals surface area contributed by atoms with Gasteiger partial charge in [0.05, 0.1) is 7.11 Å². The highest BCUT2D eigenvalue weighted by molar-refractivity contribution is 5.31. The van der Waals surface area contributed by atoms with Crippen molar-refractivity contribution in [3.63, 3.8) is 0 Å². The number of anilines is 1. The van der Waals surface area contributed by atoms with Crippen molar-refractivity contribution in [3.8, 4) is 5.88 Å². The number of nitrogens with one attached hydrogen (secondary N) is 1. The van der Waals surface area contributed by atoms with E-state index in [9.17, 15) is 0 Å². The zero-order valence-corrected chi connectivity index (χ0v) is 10.5. The van der Waals surface area contributed by atoms with Crippen LogP contribution in [0, 0.1) is 0 Å². The maximum Gasteiger partial charge on any atom is 0.228 e. The number of ether oxygens (including phenoxy) is 1. The van der Waals surface area contributed by atoms with Crippen molar-refractivity contribution in [1.82, 2.24) is 30.6 Å². The predicted octanol–water partition coefficient (Wildman–Crippen LogP) is 0.238. The Morgan fingerprint density at radius 3 is 3.00 bits per heavy atom. The molecule has 0 amide bonds. The lowest BCUT2D eigenvalue weighted by Crippen LogP contribution is -2.25. The highest BCUT2D eigenvalue weighted by Crippen LogP contribution is 2.15. The Labute approximate surface area is 104 Å². The summed E-state index contributed by atoms with van der Waals surface area (Å²) >= 11 is 0. The third kappa shape index (κ3) is 2.70. The van der Waals surface area contributed by atoms with Crippen LogP contribution in [0.1, 0.15) is 18.7 Å². The van der Waals surface area contributed by atoms with Crippen LogP contribution in [0.25, 0.3) is 0 Å². The fourth-order valence-electron chi connectivity index (χ4n) is 1.58. The average Bonchev–Trinajstić information content (AvgIpc) is 2.92. The molecule has 1 atom stereocenters. The van der Waals surface area contributed by atoms with Crippen LogP contribution < -0.4 is 9.64 Å². The summed E-state index contributed by atoms with van der Waals surface area (Å²) in [6, 6.07) is 1.71. The number of hydrogen-bond acceptors (Lipinski definition) is 7. The van der Waals surface area contributed by atoms with E-state index in [1.54, 1.807) is 19.4 Å². The number of likely N-dealkylation sites (N-methyl/N-ethyl adjacent to an activating group) is 1. The van der Waals surface area contributed by atoms with E-state index in [0.29, 0.717) is 24.2 Å². The first kappa shape index (κ1) is 12.2. The molecule has 2 aromatic heterocycles. The van der Waals surface area contributed by atoms with E-state index in [-0.39, 0.29) is 5.92 Å². The van der Waals surface area contributed by atoms with Crippen molar-refractivity contribution in [2.24, 2.45) is 0 Å². The summed E-state index contributed by atoms with van der Waals surface area (Å²) in [4.78, 5) is 10.4. The van der Waals surface area contributed by atoms with Crippen molar-refractivity contribution < 1.29 is 4.74 Å². The second-order valence-electron chi connectivity index (χ2n) is 3.95. The van der Waals surface area contributed by atoms with Crippen LogP contribution in [-0.2, 0) is 0 Å². The second kappa shape index (κ2) is 5.39. The molecule has 0 aliphatic rings. The quantitative estimate of drug-likeness (QED) is 0.811. The van der Waals surface area contributed by atoms with Crippen LogP contribution in [0.15, 0.2) is 12.3 Å². The number of aromatic amines is 1. The lowest BCUT2D eigenvalue weighted by atomic mass is 10.1. The zero-order chi connectivity index (χ0) is 13.0. The van der Waals surface area contributed by atoms with E-state index in [4.69, 9.17) is 4.74 Å². The van der Waals surface area contributed by atoms with Gasteiger partial charge in [0.2, 0.25) is 11.8 Å². The number of methoxy groups -OCH3 is 1. The van der Waals surface area contributed by atoms with Crippen molar-refractivity contribution in [2.45, 2.75) is 12.8 Å². The van der Waals surface area contributed by atoms with Gasteiger partial charge >= 0.3 is 0 Å². The molecule has 0 unspecified atom stereocenters. The van der Waals surface area contributed by atoms with Gasteiger partial charge in [-0.15, -0.1) is 10.2 Å². The summed E-state index contributed by atoms with van der Waals surface area (Å²) in [5, 5.41) is 13.9. The van der Waals surface area contributed by atoms with Crippen LogP contribution in [0.3, 0.4) is 0 Å². The highest BCUT2D eigenvalue weighted by atomic mass is 16.5. The van der Waals surface area contributed by atoms with Crippen molar-refractivity contribution in [2.75, 3.05) is 25.6 Å². The Morgan fingerprint density at radius 2 is 2.33 bits per heavy atom. The molecule has 8 nitrogen and oxygen atoms in total. The Kier molecular flexibility index (Phi) is 3.66. The summed E-state index contributed by atoms with van der Waals surface area (Å²) < 4.78 is 5.06. The fourth-order valence-corrected chi connectivity index (χ4v) is 1.58. The third-order valence-corrected chi connectivity index (χ3v) is 2.52. The lowest BCUT2D eigenvalue weighted by Gasteiger charge is -2.19. The molecule has 2 heterocycles. The van der Waals surface area contributed by atoms with Gasteiger partial charge in [-0.1, -0.05) is 12.1 Å². The van der Waals surface area contributed by atoms with Crippen LogP contribution >= 0.6 is 0 Å². The lowest BCUT2D eigenvalue weighted by molar-refractivity contribution is 0.396.